The zero-order chi connectivity index (χ0) is 14.2. The van der Waals surface area contributed by atoms with Crippen molar-refractivity contribution in [2.75, 3.05) is 0 Å². The number of rotatable bonds is 3. The first-order valence-corrected chi connectivity index (χ1v) is 3.79. The number of halogens is 10. The molecular formula is C7H4F10. The van der Waals surface area contributed by atoms with E-state index in [0.29, 0.717) is 0 Å². The van der Waals surface area contributed by atoms with Gasteiger partial charge in [0.05, 0.1) is 0 Å². The summed E-state index contributed by atoms with van der Waals surface area (Å²) in [5.41, 5.74) is 0. The Morgan fingerprint density at radius 1 is 0.824 bits per heavy atom. The third-order valence-electron chi connectivity index (χ3n) is 1.62. The molecule has 0 aliphatic carbocycles. The van der Waals surface area contributed by atoms with Crippen LogP contribution in [-0.2, 0) is 0 Å². The van der Waals surface area contributed by atoms with E-state index in [1.807, 2.05) is 0 Å². The second kappa shape index (κ2) is 4.37. The first kappa shape index (κ1) is 16.0. The van der Waals surface area contributed by atoms with Gasteiger partial charge in [0, 0.05) is 0 Å². The van der Waals surface area contributed by atoms with Crippen LogP contribution in [0.4, 0.5) is 43.9 Å². The van der Waals surface area contributed by atoms with E-state index < -0.39 is 35.8 Å². The Balaban J connectivity index is 5.63. The van der Waals surface area contributed by atoms with Gasteiger partial charge in [-0.3, -0.25) is 0 Å². The molecule has 0 saturated carbocycles. The van der Waals surface area contributed by atoms with Crippen LogP contribution >= 0.6 is 0 Å². The van der Waals surface area contributed by atoms with Crippen molar-refractivity contribution in [2.45, 2.75) is 31.1 Å². The molecule has 102 valence electrons. The van der Waals surface area contributed by atoms with Gasteiger partial charge in [0.1, 0.15) is 0 Å². The molecule has 0 aliphatic heterocycles. The van der Waals surface area contributed by atoms with Crippen LogP contribution in [0.3, 0.4) is 0 Å². The standard InChI is InChI=1S/C7H4F10/c1-2(8)5(11,12)3(9)4(10)6(13,14)7(15,16)17/h2H,1H3. The van der Waals surface area contributed by atoms with Gasteiger partial charge in [0.25, 0.3) is 0 Å². The molecule has 0 rings (SSSR count). The molecule has 0 nitrogen and oxygen atoms in total. The molecule has 0 N–H and O–H groups in total. The average molecular weight is 278 g/mol. The smallest absolute Gasteiger partial charge is 0.241 e. The summed E-state index contributed by atoms with van der Waals surface area (Å²) >= 11 is 0. The Bertz CT molecular complexity index is 309. The van der Waals surface area contributed by atoms with Gasteiger partial charge in [-0.15, -0.1) is 0 Å². The summed E-state index contributed by atoms with van der Waals surface area (Å²) in [5, 5.41) is 0. The normalized spacial score (nSPS) is 17.8. The molecule has 10 heteroatoms. The molecule has 0 bridgehead atoms. The lowest BCUT2D eigenvalue weighted by Crippen LogP contribution is -2.40. The lowest BCUT2D eigenvalue weighted by Gasteiger charge is -2.21. The molecule has 1 atom stereocenters. The minimum atomic E-state index is -6.61. The molecule has 0 heterocycles. The number of hydrogen-bond acceptors (Lipinski definition) is 0. The van der Waals surface area contributed by atoms with Gasteiger partial charge in [-0.25, -0.2) is 13.2 Å². The quantitative estimate of drug-likeness (QED) is 0.674. The zero-order valence-electron chi connectivity index (χ0n) is 7.86. The van der Waals surface area contributed by atoms with E-state index in [2.05, 4.69) is 0 Å². The minimum Gasteiger partial charge on any atom is -0.241 e. The van der Waals surface area contributed by atoms with Crippen molar-refractivity contribution in [1.82, 2.24) is 0 Å². The van der Waals surface area contributed by atoms with Crippen molar-refractivity contribution in [3.8, 4) is 0 Å². The summed E-state index contributed by atoms with van der Waals surface area (Å²) in [6.45, 7) is -0.0292. The van der Waals surface area contributed by atoms with E-state index in [-0.39, 0.29) is 6.92 Å². The van der Waals surface area contributed by atoms with Crippen LogP contribution in [-0.4, -0.2) is 24.2 Å². The lowest BCUT2D eigenvalue weighted by atomic mass is 10.1. The molecule has 0 fully saturated rings. The molecule has 0 aromatic carbocycles. The molecule has 0 saturated heterocycles. The molecule has 1 unspecified atom stereocenters. The first-order valence-electron chi connectivity index (χ1n) is 3.79. The second-order valence-corrected chi connectivity index (χ2v) is 2.94. The highest BCUT2D eigenvalue weighted by molar-refractivity contribution is 5.19. The summed E-state index contributed by atoms with van der Waals surface area (Å²) in [6, 6.07) is 0. The topological polar surface area (TPSA) is 0 Å². The Labute approximate surface area is 87.9 Å². The molecule has 0 aromatic rings. The van der Waals surface area contributed by atoms with Gasteiger partial charge in [0.15, 0.2) is 6.17 Å². The molecule has 0 aromatic heterocycles. The SMILES string of the molecule is CC(F)C(F)(F)C(F)=C(F)C(F)(F)C(F)(F)F. The molecule has 17 heavy (non-hydrogen) atoms. The molecule has 0 spiro atoms. The van der Waals surface area contributed by atoms with Gasteiger partial charge in [-0.2, -0.15) is 30.7 Å². The monoisotopic (exact) mass is 278 g/mol. The summed E-state index contributed by atoms with van der Waals surface area (Å²) in [7, 11) is 0. The number of allylic oxidation sites excluding steroid dienone is 2. The summed E-state index contributed by atoms with van der Waals surface area (Å²) < 4.78 is 120. The van der Waals surface area contributed by atoms with Gasteiger partial charge >= 0.3 is 18.0 Å². The predicted molar refractivity (Wildman–Crippen MR) is 35.8 cm³/mol. The third kappa shape index (κ3) is 2.83. The van der Waals surface area contributed by atoms with Crippen molar-refractivity contribution in [1.29, 1.82) is 0 Å². The van der Waals surface area contributed by atoms with Crippen LogP contribution in [0.5, 0.6) is 0 Å². The Morgan fingerprint density at radius 2 is 1.18 bits per heavy atom. The summed E-state index contributed by atoms with van der Waals surface area (Å²) in [4.78, 5) is 0. The largest absolute Gasteiger partial charge is 0.460 e. The zero-order valence-corrected chi connectivity index (χ0v) is 7.86. The van der Waals surface area contributed by atoms with E-state index >= 15 is 0 Å². The maximum atomic E-state index is 12.4. The molecule has 0 amide bonds. The summed E-state index contributed by atoms with van der Waals surface area (Å²) in [5.74, 6) is -19.7. The van der Waals surface area contributed by atoms with Crippen LogP contribution in [0.1, 0.15) is 6.92 Å². The fourth-order valence-corrected chi connectivity index (χ4v) is 0.583. The Kier molecular flexibility index (Phi) is 4.13. The predicted octanol–water partition coefficient (Wildman–Crippen LogP) is 4.33. The van der Waals surface area contributed by atoms with E-state index in [1.165, 1.54) is 0 Å². The van der Waals surface area contributed by atoms with Crippen LogP contribution in [0.15, 0.2) is 11.7 Å². The van der Waals surface area contributed by atoms with Gasteiger partial charge in [0.2, 0.25) is 11.7 Å². The first-order chi connectivity index (χ1) is 7.26. The van der Waals surface area contributed by atoms with Gasteiger partial charge in [-0.05, 0) is 6.92 Å². The highest BCUT2D eigenvalue weighted by atomic mass is 19.4. The fourth-order valence-electron chi connectivity index (χ4n) is 0.583. The molecular weight excluding hydrogens is 274 g/mol. The minimum absolute atomic E-state index is 0.0292. The van der Waals surface area contributed by atoms with Crippen molar-refractivity contribution >= 4 is 0 Å². The summed E-state index contributed by atoms with van der Waals surface area (Å²) in [6.07, 6.45) is -10.1. The van der Waals surface area contributed by atoms with Crippen LogP contribution in [0.2, 0.25) is 0 Å². The van der Waals surface area contributed by atoms with Crippen LogP contribution < -0.4 is 0 Å². The average Bonchev–Trinajstić information content (AvgIpc) is 2.13. The van der Waals surface area contributed by atoms with E-state index in [0.717, 1.165) is 0 Å². The fraction of sp³-hybridized carbons (Fsp3) is 0.714. The van der Waals surface area contributed by atoms with E-state index in [4.69, 9.17) is 0 Å². The van der Waals surface area contributed by atoms with E-state index in [1.54, 1.807) is 0 Å². The van der Waals surface area contributed by atoms with E-state index in [9.17, 15) is 43.9 Å². The number of alkyl halides is 8. The van der Waals surface area contributed by atoms with Gasteiger partial charge < -0.3 is 0 Å². The number of hydrogen-bond donors (Lipinski definition) is 0. The van der Waals surface area contributed by atoms with Crippen molar-refractivity contribution in [3.05, 3.63) is 11.7 Å². The van der Waals surface area contributed by atoms with Crippen molar-refractivity contribution in [3.63, 3.8) is 0 Å². The second-order valence-electron chi connectivity index (χ2n) is 2.94. The van der Waals surface area contributed by atoms with Crippen molar-refractivity contribution in [2.24, 2.45) is 0 Å². The maximum Gasteiger partial charge on any atom is 0.460 e. The Hall–Kier alpha value is -0.960. The van der Waals surface area contributed by atoms with Crippen LogP contribution in [0.25, 0.3) is 0 Å². The maximum absolute atomic E-state index is 12.4. The van der Waals surface area contributed by atoms with Crippen molar-refractivity contribution < 1.29 is 43.9 Å². The van der Waals surface area contributed by atoms with Gasteiger partial charge in [-0.1, -0.05) is 0 Å². The highest BCUT2D eigenvalue weighted by Gasteiger charge is 2.64. The third-order valence-corrected chi connectivity index (χ3v) is 1.62. The highest BCUT2D eigenvalue weighted by Crippen LogP contribution is 2.46. The molecule has 0 aliphatic rings. The van der Waals surface area contributed by atoms with Crippen LogP contribution in [0, 0.1) is 0 Å². The molecule has 0 radical (unpaired) electrons. The lowest BCUT2D eigenvalue weighted by molar-refractivity contribution is -0.272. The Morgan fingerprint density at radius 3 is 1.41 bits per heavy atom.